The van der Waals surface area contributed by atoms with Gasteiger partial charge in [0.1, 0.15) is 11.6 Å². The molecule has 102 valence electrons. The van der Waals surface area contributed by atoms with Crippen molar-refractivity contribution >= 4 is 11.9 Å². The number of rotatable bonds is 3. The maximum Gasteiger partial charge on any atom is 0.326 e. The van der Waals surface area contributed by atoms with Gasteiger partial charge in [-0.05, 0) is 38.8 Å². The summed E-state index contributed by atoms with van der Waals surface area (Å²) in [5.41, 5.74) is -0.830. The van der Waals surface area contributed by atoms with E-state index in [1.54, 1.807) is 0 Å². The van der Waals surface area contributed by atoms with E-state index in [2.05, 4.69) is 5.32 Å². The Morgan fingerprint density at radius 1 is 1.39 bits per heavy atom. The van der Waals surface area contributed by atoms with Crippen molar-refractivity contribution in [2.24, 2.45) is 0 Å². The Morgan fingerprint density at radius 3 is 2.61 bits per heavy atom. The van der Waals surface area contributed by atoms with Gasteiger partial charge in [-0.1, -0.05) is 0 Å². The third-order valence-electron chi connectivity index (χ3n) is 3.99. The molecular weight excluding hydrogens is 236 g/mol. The lowest BCUT2D eigenvalue weighted by Crippen LogP contribution is -2.57. The molecule has 0 spiro atoms. The number of nitrogens with zero attached hydrogens (tertiary/aromatic N) is 1. The van der Waals surface area contributed by atoms with Crippen LogP contribution in [-0.4, -0.2) is 60.3 Å². The number of likely N-dealkylation sites (tertiary alicyclic amines) is 1. The Kier molecular flexibility index (Phi) is 3.87. The van der Waals surface area contributed by atoms with E-state index in [1.807, 2.05) is 0 Å². The fourth-order valence-corrected chi connectivity index (χ4v) is 2.86. The number of hydrogen-bond donors (Lipinski definition) is 2. The first-order valence-electron chi connectivity index (χ1n) is 6.40. The molecular formula is C12H20N2O4. The molecule has 0 aromatic carbocycles. The van der Waals surface area contributed by atoms with Gasteiger partial charge in [0, 0.05) is 13.7 Å². The van der Waals surface area contributed by atoms with Crippen LogP contribution in [0, 0.1) is 0 Å². The fourth-order valence-electron chi connectivity index (χ4n) is 2.86. The average molecular weight is 256 g/mol. The number of carbonyl (C=O) groups is 2. The Labute approximate surface area is 106 Å². The number of carboxylic acid groups (broad SMARTS) is 1. The first-order valence-corrected chi connectivity index (χ1v) is 6.40. The summed E-state index contributed by atoms with van der Waals surface area (Å²) < 4.78 is 5.46. The monoisotopic (exact) mass is 256 g/mol. The molecule has 0 aliphatic carbocycles. The summed E-state index contributed by atoms with van der Waals surface area (Å²) in [6, 6.07) is -0.681. The van der Waals surface area contributed by atoms with E-state index in [0.717, 1.165) is 19.5 Å². The van der Waals surface area contributed by atoms with Crippen LogP contribution in [0.3, 0.4) is 0 Å². The molecule has 0 aromatic heterocycles. The number of hydrogen-bond acceptors (Lipinski definition) is 4. The highest BCUT2D eigenvalue weighted by Crippen LogP contribution is 2.29. The van der Waals surface area contributed by atoms with Crippen molar-refractivity contribution in [2.75, 3.05) is 26.7 Å². The second-order valence-electron chi connectivity index (χ2n) is 4.94. The van der Waals surface area contributed by atoms with E-state index in [1.165, 1.54) is 12.0 Å². The van der Waals surface area contributed by atoms with Crippen molar-refractivity contribution < 1.29 is 19.4 Å². The molecule has 0 bridgehead atoms. The third kappa shape index (κ3) is 2.22. The molecule has 6 heteroatoms. The topological polar surface area (TPSA) is 78.9 Å². The molecule has 18 heavy (non-hydrogen) atoms. The summed E-state index contributed by atoms with van der Waals surface area (Å²) in [5, 5.41) is 12.3. The highest BCUT2D eigenvalue weighted by Gasteiger charge is 2.46. The zero-order chi connectivity index (χ0) is 13.2. The molecule has 1 amide bonds. The highest BCUT2D eigenvalue weighted by molar-refractivity contribution is 5.90. The number of piperidine rings is 1. The summed E-state index contributed by atoms with van der Waals surface area (Å²) in [6.07, 6.45) is 2.50. The first-order chi connectivity index (χ1) is 8.60. The molecule has 2 saturated heterocycles. The van der Waals surface area contributed by atoms with E-state index >= 15 is 0 Å². The van der Waals surface area contributed by atoms with Gasteiger partial charge in [-0.25, -0.2) is 4.79 Å². The number of carboxylic acids is 1. The minimum absolute atomic E-state index is 0.156. The molecule has 2 rings (SSSR count). The van der Waals surface area contributed by atoms with Gasteiger partial charge in [0.25, 0.3) is 5.91 Å². The fraction of sp³-hybridized carbons (Fsp3) is 0.833. The van der Waals surface area contributed by atoms with E-state index in [-0.39, 0.29) is 5.91 Å². The van der Waals surface area contributed by atoms with Crippen LogP contribution >= 0.6 is 0 Å². The van der Waals surface area contributed by atoms with E-state index in [9.17, 15) is 9.59 Å². The van der Waals surface area contributed by atoms with Crippen LogP contribution in [-0.2, 0) is 14.3 Å². The third-order valence-corrected chi connectivity index (χ3v) is 3.99. The number of amides is 1. The molecule has 6 nitrogen and oxygen atoms in total. The average Bonchev–Trinajstić information content (AvgIpc) is 2.88. The van der Waals surface area contributed by atoms with Crippen molar-refractivity contribution in [1.29, 1.82) is 0 Å². The van der Waals surface area contributed by atoms with Gasteiger partial charge in [0.2, 0.25) is 0 Å². The maximum atomic E-state index is 12.6. The lowest BCUT2D eigenvalue weighted by molar-refractivity contribution is -0.164. The molecule has 2 aliphatic rings. The summed E-state index contributed by atoms with van der Waals surface area (Å²) in [6.45, 7) is 1.98. The number of carbonyl (C=O) groups excluding carboxylic acids is 1. The number of nitrogens with one attached hydrogen (secondary N) is 1. The molecule has 2 fully saturated rings. The lowest BCUT2D eigenvalue weighted by Gasteiger charge is -2.38. The molecule has 2 N–H and O–H groups in total. The summed E-state index contributed by atoms with van der Waals surface area (Å²) in [7, 11) is 1.54. The minimum atomic E-state index is -0.916. The van der Waals surface area contributed by atoms with Gasteiger partial charge in [0.05, 0.1) is 0 Å². The van der Waals surface area contributed by atoms with Crippen LogP contribution < -0.4 is 5.32 Å². The normalized spacial score (nSPS) is 27.2. The van der Waals surface area contributed by atoms with Gasteiger partial charge in [-0.15, -0.1) is 0 Å². The summed E-state index contributed by atoms with van der Waals surface area (Å²) >= 11 is 0. The van der Waals surface area contributed by atoms with Gasteiger partial charge in [0.15, 0.2) is 0 Å². The van der Waals surface area contributed by atoms with Crippen LogP contribution in [0.5, 0.6) is 0 Å². The van der Waals surface area contributed by atoms with Gasteiger partial charge >= 0.3 is 5.97 Å². The van der Waals surface area contributed by atoms with E-state index in [0.29, 0.717) is 25.8 Å². The van der Waals surface area contributed by atoms with Crippen LogP contribution in [0.25, 0.3) is 0 Å². The Hall–Kier alpha value is -1.14. The van der Waals surface area contributed by atoms with Gasteiger partial charge in [-0.2, -0.15) is 0 Å². The van der Waals surface area contributed by atoms with Gasteiger partial charge < -0.3 is 20.1 Å². The Bertz CT molecular complexity index is 339. The quantitative estimate of drug-likeness (QED) is 0.733. The van der Waals surface area contributed by atoms with Crippen molar-refractivity contribution in [3.05, 3.63) is 0 Å². The van der Waals surface area contributed by atoms with E-state index < -0.39 is 17.6 Å². The zero-order valence-corrected chi connectivity index (χ0v) is 10.6. The molecule has 2 heterocycles. The van der Waals surface area contributed by atoms with Crippen molar-refractivity contribution in [3.8, 4) is 0 Å². The zero-order valence-electron chi connectivity index (χ0n) is 10.6. The predicted octanol–water partition coefficient (Wildman–Crippen LogP) is -0.169. The second kappa shape index (κ2) is 5.24. The molecule has 0 saturated carbocycles. The number of aliphatic carboxylic acids is 1. The first kappa shape index (κ1) is 13.3. The molecule has 2 aliphatic heterocycles. The van der Waals surface area contributed by atoms with Crippen LogP contribution in [0.2, 0.25) is 0 Å². The summed E-state index contributed by atoms with van der Waals surface area (Å²) in [4.78, 5) is 25.2. The highest BCUT2D eigenvalue weighted by atomic mass is 16.5. The van der Waals surface area contributed by atoms with Crippen LogP contribution in [0.4, 0.5) is 0 Å². The number of methoxy groups -OCH3 is 1. The standard InChI is InChI=1S/C12H20N2O4/c1-18-12(4-6-13-7-5-12)11(17)14-8-2-3-9(14)10(15)16/h9,13H,2-8H2,1H3,(H,15,16)/t9-/m0/s1. The van der Waals surface area contributed by atoms with Gasteiger partial charge in [-0.3, -0.25) is 4.79 Å². The van der Waals surface area contributed by atoms with Crippen molar-refractivity contribution in [2.45, 2.75) is 37.3 Å². The predicted molar refractivity (Wildman–Crippen MR) is 64.2 cm³/mol. The number of ether oxygens (including phenoxy) is 1. The van der Waals surface area contributed by atoms with Crippen LogP contribution in [0.1, 0.15) is 25.7 Å². The van der Waals surface area contributed by atoms with Crippen molar-refractivity contribution in [3.63, 3.8) is 0 Å². The minimum Gasteiger partial charge on any atom is -0.480 e. The smallest absolute Gasteiger partial charge is 0.326 e. The Morgan fingerprint density at radius 2 is 2.06 bits per heavy atom. The molecule has 1 atom stereocenters. The van der Waals surface area contributed by atoms with Crippen LogP contribution in [0.15, 0.2) is 0 Å². The summed E-state index contributed by atoms with van der Waals surface area (Å²) in [5.74, 6) is -1.07. The largest absolute Gasteiger partial charge is 0.480 e. The van der Waals surface area contributed by atoms with Crippen molar-refractivity contribution in [1.82, 2.24) is 10.2 Å². The Balaban J connectivity index is 2.15. The SMILES string of the molecule is COC1(C(=O)N2CCC[C@H]2C(=O)O)CCNCC1. The second-order valence-corrected chi connectivity index (χ2v) is 4.94. The maximum absolute atomic E-state index is 12.6. The molecule has 0 radical (unpaired) electrons. The molecule has 0 unspecified atom stereocenters. The van der Waals surface area contributed by atoms with E-state index in [4.69, 9.17) is 9.84 Å². The molecule has 0 aromatic rings. The lowest BCUT2D eigenvalue weighted by atomic mass is 9.90.